The molecule has 1 aromatic carbocycles. The van der Waals surface area contributed by atoms with Crippen molar-refractivity contribution in [2.75, 3.05) is 0 Å². The molecule has 2 aromatic heterocycles. The van der Waals surface area contributed by atoms with Crippen LogP contribution in [0.4, 0.5) is 0 Å². The van der Waals surface area contributed by atoms with E-state index < -0.39 is 0 Å². The van der Waals surface area contributed by atoms with Crippen molar-refractivity contribution in [3.8, 4) is 0 Å². The van der Waals surface area contributed by atoms with E-state index in [-0.39, 0.29) is 12.5 Å². The number of para-hydroxylation sites is 1. The smallest absolute Gasteiger partial charge is 0.242 e. The largest absolute Gasteiger partial charge is 0.467 e. The predicted octanol–water partition coefficient (Wildman–Crippen LogP) is 1.34. The third-order valence-corrected chi connectivity index (χ3v) is 2.75. The summed E-state index contributed by atoms with van der Waals surface area (Å²) in [6.45, 7) is 0.514. The van der Waals surface area contributed by atoms with Crippen molar-refractivity contribution >= 4 is 16.9 Å². The van der Waals surface area contributed by atoms with Gasteiger partial charge in [0.25, 0.3) is 0 Å². The van der Waals surface area contributed by atoms with Gasteiger partial charge in [0.05, 0.1) is 18.3 Å². The quantitative estimate of drug-likeness (QED) is 0.764. The van der Waals surface area contributed by atoms with Crippen molar-refractivity contribution in [2.24, 2.45) is 0 Å². The maximum Gasteiger partial charge on any atom is 0.242 e. The molecule has 3 rings (SSSR count). The molecule has 0 aliphatic heterocycles. The number of fused-ring (bicyclic) bond motifs is 1. The second kappa shape index (κ2) is 4.93. The average Bonchev–Trinajstić information content (AvgIpc) is 3.07. The fourth-order valence-corrected chi connectivity index (χ4v) is 1.82. The van der Waals surface area contributed by atoms with Crippen molar-refractivity contribution in [1.29, 1.82) is 0 Å². The minimum atomic E-state index is -0.132. The third kappa shape index (κ3) is 2.47. The zero-order chi connectivity index (χ0) is 13.1. The van der Waals surface area contributed by atoms with Crippen LogP contribution in [0.3, 0.4) is 0 Å². The van der Waals surface area contributed by atoms with E-state index in [2.05, 4.69) is 15.6 Å². The minimum Gasteiger partial charge on any atom is -0.467 e. The number of hydrogen-bond acceptors (Lipinski definition) is 4. The molecule has 19 heavy (non-hydrogen) atoms. The van der Waals surface area contributed by atoms with E-state index in [0.717, 1.165) is 16.8 Å². The van der Waals surface area contributed by atoms with Crippen molar-refractivity contribution in [2.45, 2.75) is 13.1 Å². The lowest BCUT2D eigenvalue weighted by molar-refractivity contribution is -0.122. The first kappa shape index (κ1) is 11.5. The number of nitrogens with zero attached hydrogens (tertiary/aromatic N) is 3. The molecule has 0 fully saturated rings. The molecule has 6 nitrogen and oxygen atoms in total. The fourth-order valence-electron chi connectivity index (χ4n) is 1.82. The van der Waals surface area contributed by atoms with Crippen molar-refractivity contribution < 1.29 is 9.21 Å². The number of furan rings is 1. The Kier molecular flexibility index (Phi) is 2.97. The molecule has 3 aromatic rings. The molecule has 1 amide bonds. The molecule has 1 N–H and O–H groups in total. The summed E-state index contributed by atoms with van der Waals surface area (Å²) in [5, 5.41) is 10.7. The van der Waals surface area contributed by atoms with Gasteiger partial charge in [-0.15, -0.1) is 5.10 Å². The molecule has 0 radical (unpaired) electrons. The van der Waals surface area contributed by atoms with Crippen LogP contribution in [0.2, 0.25) is 0 Å². The lowest BCUT2D eigenvalue weighted by Gasteiger charge is -2.03. The Morgan fingerprint density at radius 1 is 1.26 bits per heavy atom. The number of aromatic nitrogens is 3. The Hall–Kier alpha value is -2.63. The van der Waals surface area contributed by atoms with E-state index in [1.165, 1.54) is 0 Å². The van der Waals surface area contributed by atoms with E-state index >= 15 is 0 Å². The summed E-state index contributed by atoms with van der Waals surface area (Å²) >= 11 is 0. The van der Waals surface area contributed by atoms with Crippen LogP contribution in [-0.4, -0.2) is 20.9 Å². The maximum atomic E-state index is 11.8. The fraction of sp³-hybridized carbons (Fsp3) is 0.154. The Bertz CT molecular complexity index is 688. The van der Waals surface area contributed by atoms with E-state index in [1.807, 2.05) is 30.3 Å². The molecule has 0 saturated carbocycles. The Labute approximate surface area is 109 Å². The van der Waals surface area contributed by atoms with Crippen LogP contribution in [0.15, 0.2) is 47.1 Å². The van der Waals surface area contributed by atoms with Gasteiger partial charge in [0.1, 0.15) is 17.8 Å². The van der Waals surface area contributed by atoms with Gasteiger partial charge >= 0.3 is 0 Å². The van der Waals surface area contributed by atoms with Crippen molar-refractivity contribution in [3.05, 3.63) is 48.4 Å². The second-order valence-electron chi connectivity index (χ2n) is 4.09. The van der Waals surface area contributed by atoms with E-state index in [4.69, 9.17) is 4.42 Å². The first-order valence-electron chi connectivity index (χ1n) is 5.90. The lowest BCUT2D eigenvalue weighted by Crippen LogP contribution is -2.27. The average molecular weight is 256 g/mol. The van der Waals surface area contributed by atoms with Gasteiger partial charge in [-0.05, 0) is 24.3 Å². The first-order chi connectivity index (χ1) is 9.33. The highest BCUT2D eigenvalue weighted by Gasteiger charge is 2.08. The Morgan fingerprint density at radius 3 is 3.00 bits per heavy atom. The highest BCUT2D eigenvalue weighted by molar-refractivity contribution is 5.79. The van der Waals surface area contributed by atoms with Crippen LogP contribution in [0, 0.1) is 0 Å². The summed E-state index contributed by atoms with van der Waals surface area (Å²) in [6, 6.07) is 11.1. The van der Waals surface area contributed by atoms with Gasteiger partial charge in [-0.25, -0.2) is 4.68 Å². The number of hydrogen-bond donors (Lipinski definition) is 1. The third-order valence-electron chi connectivity index (χ3n) is 2.75. The van der Waals surface area contributed by atoms with Crippen molar-refractivity contribution in [1.82, 2.24) is 20.3 Å². The van der Waals surface area contributed by atoms with Crippen LogP contribution < -0.4 is 5.32 Å². The molecule has 0 atom stereocenters. The summed E-state index contributed by atoms with van der Waals surface area (Å²) in [5.74, 6) is 0.587. The number of carbonyl (C=O) groups excluding carboxylic acids is 1. The summed E-state index contributed by atoms with van der Waals surface area (Å²) in [4.78, 5) is 11.8. The van der Waals surface area contributed by atoms with Crippen molar-refractivity contribution in [3.63, 3.8) is 0 Å². The molecule has 0 aliphatic carbocycles. The van der Waals surface area contributed by atoms with Crippen LogP contribution in [0.1, 0.15) is 5.76 Å². The molecule has 0 aliphatic rings. The van der Waals surface area contributed by atoms with Gasteiger partial charge in [0.2, 0.25) is 5.91 Å². The Morgan fingerprint density at radius 2 is 2.16 bits per heavy atom. The zero-order valence-electron chi connectivity index (χ0n) is 10.1. The second-order valence-corrected chi connectivity index (χ2v) is 4.09. The molecule has 0 unspecified atom stereocenters. The molecule has 6 heteroatoms. The molecule has 0 saturated heterocycles. The van der Waals surface area contributed by atoms with Crippen LogP contribution in [-0.2, 0) is 17.9 Å². The number of nitrogens with one attached hydrogen (secondary N) is 1. The molecule has 0 spiro atoms. The van der Waals surface area contributed by atoms with Crippen LogP contribution in [0.5, 0.6) is 0 Å². The van der Waals surface area contributed by atoms with Crippen LogP contribution >= 0.6 is 0 Å². The molecule has 2 heterocycles. The van der Waals surface area contributed by atoms with Gasteiger partial charge < -0.3 is 9.73 Å². The minimum absolute atomic E-state index is 0.132. The van der Waals surface area contributed by atoms with E-state index in [0.29, 0.717) is 6.54 Å². The standard InChI is InChI=1S/C13H12N4O2/c18-13(14-8-10-4-3-7-19-10)9-17-12-6-2-1-5-11(12)15-16-17/h1-7H,8-9H2,(H,14,18). The van der Waals surface area contributed by atoms with Gasteiger partial charge in [0, 0.05) is 0 Å². The molecule has 96 valence electrons. The number of rotatable bonds is 4. The highest BCUT2D eigenvalue weighted by Crippen LogP contribution is 2.09. The summed E-state index contributed by atoms with van der Waals surface area (Å²) in [6.07, 6.45) is 1.58. The predicted molar refractivity (Wildman–Crippen MR) is 68.1 cm³/mol. The highest BCUT2D eigenvalue weighted by atomic mass is 16.3. The number of carbonyl (C=O) groups is 1. The van der Waals surface area contributed by atoms with Crippen LogP contribution in [0.25, 0.3) is 11.0 Å². The topological polar surface area (TPSA) is 73.0 Å². The zero-order valence-corrected chi connectivity index (χ0v) is 10.1. The summed E-state index contributed by atoms with van der Waals surface area (Å²) in [5.41, 5.74) is 1.62. The van der Waals surface area contributed by atoms with E-state index in [9.17, 15) is 4.79 Å². The normalized spacial score (nSPS) is 10.7. The molecular formula is C13H12N4O2. The summed E-state index contributed by atoms with van der Waals surface area (Å²) < 4.78 is 6.72. The SMILES string of the molecule is O=C(Cn1nnc2ccccc21)NCc1ccco1. The van der Waals surface area contributed by atoms with Gasteiger partial charge in [-0.2, -0.15) is 0 Å². The Balaban J connectivity index is 1.66. The van der Waals surface area contributed by atoms with Gasteiger partial charge in [-0.3, -0.25) is 4.79 Å². The van der Waals surface area contributed by atoms with Gasteiger partial charge in [0.15, 0.2) is 0 Å². The van der Waals surface area contributed by atoms with Gasteiger partial charge in [-0.1, -0.05) is 17.3 Å². The van der Waals surface area contributed by atoms with E-state index in [1.54, 1.807) is 17.0 Å². The first-order valence-corrected chi connectivity index (χ1v) is 5.90. The summed E-state index contributed by atoms with van der Waals surface area (Å²) in [7, 11) is 0. The number of benzene rings is 1. The molecular weight excluding hydrogens is 244 g/mol. The number of amides is 1. The lowest BCUT2D eigenvalue weighted by atomic mass is 10.3. The monoisotopic (exact) mass is 256 g/mol. The molecule has 0 bridgehead atoms. The maximum absolute atomic E-state index is 11.8.